The lowest BCUT2D eigenvalue weighted by molar-refractivity contribution is 0.168. The van der Waals surface area contributed by atoms with E-state index in [1.807, 2.05) is 24.3 Å². The van der Waals surface area contributed by atoms with E-state index in [2.05, 4.69) is 56.5 Å². The van der Waals surface area contributed by atoms with Gasteiger partial charge in [-0.2, -0.15) is 0 Å². The Hall–Kier alpha value is -0.933. The molecular weight excluding hydrogens is 447 g/mol. The van der Waals surface area contributed by atoms with Gasteiger partial charge >= 0.3 is 6.09 Å². The number of aliphatic imine (C=N–C) groups is 1. The van der Waals surface area contributed by atoms with Crippen LogP contribution < -0.4 is 0 Å². The van der Waals surface area contributed by atoms with Crippen molar-refractivity contribution >= 4 is 48.5 Å². The Morgan fingerprint density at radius 1 is 1.36 bits per heavy atom. The lowest BCUT2D eigenvalue weighted by Gasteiger charge is -2.36. The average Bonchev–Trinajstić information content (AvgIpc) is 2.93. The highest BCUT2D eigenvalue weighted by Crippen LogP contribution is 2.36. The van der Waals surface area contributed by atoms with Gasteiger partial charge in [0.05, 0.1) is 12.2 Å². The topological polar surface area (TPSA) is 51.1 Å². The van der Waals surface area contributed by atoms with Gasteiger partial charge in [-0.15, -0.1) is 0 Å². The van der Waals surface area contributed by atoms with E-state index in [-0.39, 0.29) is 11.1 Å². The van der Waals surface area contributed by atoms with Crippen LogP contribution >= 0.6 is 22.6 Å². The summed E-state index contributed by atoms with van der Waals surface area (Å²) >= 11 is 2.26. The van der Waals surface area contributed by atoms with Gasteiger partial charge in [-0.05, 0) is 52.9 Å². The largest absolute Gasteiger partial charge is 0.447 e. The lowest BCUT2D eigenvalue weighted by Crippen LogP contribution is -2.42. The van der Waals surface area contributed by atoms with Crippen molar-refractivity contribution in [1.82, 2.24) is 4.90 Å². The Labute approximate surface area is 165 Å². The van der Waals surface area contributed by atoms with Crippen molar-refractivity contribution in [3.8, 4) is 0 Å². The first kappa shape index (κ1) is 20.4. The van der Waals surface area contributed by atoms with E-state index in [4.69, 9.17) is 14.2 Å². The number of amides is 1. The summed E-state index contributed by atoms with van der Waals surface area (Å²) in [5, 5.41) is 0.158. The van der Waals surface area contributed by atoms with E-state index >= 15 is 0 Å². The molecule has 0 bridgehead atoms. The second-order valence-corrected chi connectivity index (χ2v) is 13.6. The summed E-state index contributed by atoms with van der Waals surface area (Å²) in [4.78, 5) is 18.4. The number of cyclic esters (lactones) is 1. The SMILES string of the molecule is CC(C)(C)[Si](C)(C)OCCC(=Nc1ccccc1I)N1CCOC1=O. The second-order valence-electron chi connectivity index (χ2n) is 7.60. The molecule has 5 nitrogen and oxygen atoms in total. The van der Waals surface area contributed by atoms with Crippen molar-refractivity contribution in [1.29, 1.82) is 0 Å². The first-order valence-electron chi connectivity index (χ1n) is 8.52. The first-order valence-corrected chi connectivity index (χ1v) is 12.5. The molecule has 1 aromatic rings. The highest BCUT2D eigenvalue weighted by atomic mass is 127. The van der Waals surface area contributed by atoms with E-state index in [0.717, 1.165) is 9.26 Å². The Kier molecular flexibility index (Phi) is 6.66. The number of hydrogen-bond donors (Lipinski definition) is 0. The van der Waals surface area contributed by atoms with Gasteiger partial charge in [-0.25, -0.2) is 9.79 Å². The van der Waals surface area contributed by atoms with Crippen molar-refractivity contribution in [3.63, 3.8) is 0 Å². The van der Waals surface area contributed by atoms with Gasteiger partial charge in [-0.1, -0.05) is 32.9 Å². The third kappa shape index (κ3) is 5.27. The highest BCUT2D eigenvalue weighted by molar-refractivity contribution is 14.1. The zero-order chi connectivity index (χ0) is 18.7. The maximum absolute atomic E-state index is 12.0. The fourth-order valence-electron chi connectivity index (χ4n) is 2.17. The summed E-state index contributed by atoms with van der Waals surface area (Å²) in [5.41, 5.74) is 0.866. The van der Waals surface area contributed by atoms with Gasteiger partial charge in [0.15, 0.2) is 8.32 Å². The molecule has 138 valence electrons. The van der Waals surface area contributed by atoms with E-state index in [1.165, 1.54) is 0 Å². The maximum Gasteiger partial charge on any atom is 0.415 e. The minimum absolute atomic E-state index is 0.158. The summed E-state index contributed by atoms with van der Waals surface area (Å²) in [6.45, 7) is 12.6. The molecule has 25 heavy (non-hydrogen) atoms. The molecule has 0 saturated carbocycles. The van der Waals surface area contributed by atoms with Crippen LogP contribution in [-0.4, -0.2) is 44.9 Å². The normalized spacial score (nSPS) is 16.3. The van der Waals surface area contributed by atoms with Crippen LogP contribution in [0.5, 0.6) is 0 Å². The predicted molar refractivity (Wildman–Crippen MR) is 112 cm³/mol. The van der Waals surface area contributed by atoms with Crippen LogP contribution in [0.1, 0.15) is 27.2 Å². The molecule has 1 fully saturated rings. The van der Waals surface area contributed by atoms with Crippen LogP contribution in [-0.2, 0) is 9.16 Å². The fraction of sp³-hybridized carbons (Fsp3) is 0.556. The molecule has 1 aliphatic rings. The molecular formula is C18H27IN2O3Si. The van der Waals surface area contributed by atoms with Crippen molar-refractivity contribution in [2.24, 2.45) is 4.99 Å². The van der Waals surface area contributed by atoms with Gasteiger partial charge in [0.1, 0.15) is 12.4 Å². The van der Waals surface area contributed by atoms with Gasteiger partial charge in [-0.3, -0.25) is 4.90 Å². The summed E-state index contributed by atoms with van der Waals surface area (Å²) in [6, 6.07) is 7.89. The monoisotopic (exact) mass is 474 g/mol. The Morgan fingerprint density at radius 3 is 2.60 bits per heavy atom. The van der Waals surface area contributed by atoms with Crippen LogP contribution in [0.15, 0.2) is 29.3 Å². The first-order chi connectivity index (χ1) is 11.6. The molecule has 0 spiro atoms. The van der Waals surface area contributed by atoms with Crippen molar-refractivity contribution in [3.05, 3.63) is 27.8 Å². The maximum atomic E-state index is 12.0. The Bertz CT molecular complexity index is 656. The van der Waals surface area contributed by atoms with Crippen LogP contribution in [0.4, 0.5) is 10.5 Å². The van der Waals surface area contributed by atoms with Crippen LogP contribution in [0.25, 0.3) is 0 Å². The summed E-state index contributed by atoms with van der Waals surface area (Å²) in [5.74, 6) is 0.713. The molecule has 0 unspecified atom stereocenters. The number of amidine groups is 1. The Balaban J connectivity index is 2.16. The number of ether oxygens (including phenoxy) is 1. The van der Waals surface area contributed by atoms with Gasteiger partial charge in [0, 0.05) is 16.6 Å². The smallest absolute Gasteiger partial charge is 0.415 e. The molecule has 0 aromatic heterocycles. The van der Waals surface area contributed by atoms with E-state index in [1.54, 1.807) is 4.90 Å². The van der Waals surface area contributed by atoms with Gasteiger partial charge in [0.25, 0.3) is 0 Å². The average molecular weight is 474 g/mol. The molecule has 0 aliphatic carbocycles. The predicted octanol–water partition coefficient (Wildman–Crippen LogP) is 5.19. The third-order valence-corrected chi connectivity index (χ3v) is 10.2. The minimum Gasteiger partial charge on any atom is -0.447 e. The molecule has 0 atom stereocenters. The summed E-state index contributed by atoms with van der Waals surface area (Å²) < 4.78 is 12.4. The zero-order valence-corrected chi connectivity index (χ0v) is 18.8. The molecule has 7 heteroatoms. The number of benzene rings is 1. The molecule has 1 heterocycles. The van der Waals surface area contributed by atoms with Crippen LogP contribution in [0.2, 0.25) is 18.1 Å². The number of nitrogens with zero attached hydrogens (tertiary/aromatic N) is 2. The number of carbonyl (C=O) groups is 1. The van der Waals surface area contributed by atoms with Gasteiger partial charge in [0.2, 0.25) is 0 Å². The number of hydrogen-bond acceptors (Lipinski definition) is 4. The molecule has 0 N–H and O–H groups in total. The zero-order valence-electron chi connectivity index (χ0n) is 15.6. The molecule has 2 rings (SSSR count). The number of halogens is 1. The van der Waals surface area contributed by atoms with Crippen molar-refractivity contribution < 1.29 is 14.0 Å². The number of para-hydroxylation sites is 1. The molecule has 1 amide bonds. The lowest BCUT2D eigenvalue weighted by atomic mass is 10.2. The van der Waals surface area contributed by atoms with E-state index in [9.17, 15) is 4.79 Å². The molecule has 1 aliphatic heterocycles. The highest BCUT2D eigenvalue weighted by Gasteiger charge is 2.37. The quantitative estimate of drug-likeness (QED) is 0.256. The van der Waals surface area contributed by atoms with Gasteiger partial charge < -0.3 is 9.16 Å². The molecule has 0 radical (unpaired) electrons. The molecule has 1 saturated heterocycles. The summed E-state index contributed by atoms with van der Waals surface area (Å²) in [7, 11) is -1.82. The Morgan fingerprint density at radius 2 is 2.04 bits per heavy atom. The van der Waals surface area contributed by atoms with Crippen molar-refractivity contribution in [2.45, 2.75) is 45.3 Å². The van der Waals surface area contributed by atoms with Crippen LogP contribution in [0, 0.1) is 3.57 Å². The number of rotatable bonds is 5. The summed E-state index contributed by atoms with van der Waals surface area (Å²) in [6.07, 6.45) is 0.268. The van der Waals surface area contributed by atoms with Crippen molar-refractivity contribution in [2.75, 3.05) is 19.8 Å². The fourth-order valence-corrected chi connectivity index (χ4v) is 3.73. The second kappa shape index (κ2) is 8.18. The van der Waals surface area contributed by atoms with E-state index in [0.29, 0.717) is 32.0 Å². The standard InChI is InChI=1S/C18H27IN2O3Si/c1-18(2,3)25(4,5)24-12-10-16(21-11-13-23-17(21)22)20-15-9-7-6-8-14(15)19/h6-9H,10-13H2,1-5H3. The molecule has 1 aromatic carbocycles. The number of carbonyl (C=O) groups excluding carboxylic acids is 1. The van der Waals surface area contributed by atoms with E-state index < -0.39 is 8.32 Å². The van der Waals surface area contributed by atoms with Crippen LogP contribution in [0.3, 0.4) is 0 Å². The minimum atomic E-state index is -1.82. The third-order valence-electron chi connectivity index (χ3n) is 4.77.